The van der Waals surface area contributed by atoms with Crippen LogP contribution in [0, 0.1) is 10.1 Å². The van der Waals surface area contributed by atoms with E-state index in [1.807, 2.05) is 0 Å². The molecule has 2 aromatic rings. The smallest absolute Gasteiger partial charge is 0.293 e. The molecule has 30 heavy (non-hydrogen) atoms. The summed E-state index contributed by atoms with van der Waals surface area (Å²) < 4.78 is 28.8. The Morgan fingerprint density at radius 2 is 1.97 bits per heavy atom. The third-order valence-corrected chi connectivity index (χ3v) is 7.41. The second-order valence-corrected chi connectivity index (χ2v) is 9.13. The van der Waals surface area contributed by atoms with Crippen LogP contribution in [0.1, 0.15) is 44.8 Å². The molecule has 1 aliphatic heterocycles. The Morgan fingerprint density at radius 1 is 1.20 bits per heavy atom. The molecule has 3 rings (SSSR count). The third kappa shape index (κ3) is 4.62. The van der Waals surface area contributed by atoms with E-state index in [1.54, 1.807) is 13.8 Å². The van der Waals surface area contributed by atoms with Crippen molar-refractivity contribution in [3.63, 3.8) is 0 Å². The lowest BCUT2D eigenvalue weighted by atomic mass is 10.2. The van der Waals surface area contributed by atoms with Crippen molar-refractivity contribution in [2.45, 2.75) is 57.4 Å². The van der Waals surface area contributed by atoms with Crippen molar-refractivity contribution in [2.24, 2.45) is 0 Å². The summed E-state index contributed by atoms with van der Waals surface area (Å²) in [6, 6.07) is 3.99. The van der Waals surface area contributed by atoms with Gasteiger partial charge >= 0.3 is 0 Å². The highest BCUT2D eigenvalue weighted by Crippen LogP contribution is 2.29. The third-order valence-electron chi connectivity index (χ3n) is 5.36. The molecule has 0 amide bonds. The maximum absolute atomic E-state index is 12.7. The lowest BCUT2D eigenvalue weighted by Crippen LogP contribution is -2.30. The van der Waals surface area contributed by atoms with Crippen molar-refractivity contribution in [2.75, 3.05) is 25.0 Å². The number of sulfonamides is 1. The van der Waals surface area contributed by atoms with Gasteiger partial charge in [-0.2, -0.15) is 4.31 Å². The molecule has 164 valence electrons. The van der Waals surface area contributed by atoms with Crippen LogP contribution in [0.15, 0.2) is 23.1 Å². The minimum Gasteiger partial charge on any atom is -0.379 e. The topological polar surface area (TPSA) is 123 Å². The van der Waals surface area contributed by atoms with Gasteiger partial charge in [-0.25, -0.2) is 8.42 Å². The highest BCUT2D eigenvalue weighted by molar-refractivity contribution is 7.89. The van der Waals surface area contributed by atoms with Crippen LogP contribution in [0.3, 0.4) is 0 Å². The molecule has 11 heteroatoms. The number of hydrogen-bond acceptors (Lipinski definition) is 7. The van der Waals surface area contributed by atoms with Gasteiger partial charge in [0.2, 0.25) is 10.0 Å². The summed E-state index contributed by atoms with van der Waals surface area (Å²) >= 11 is 0. The summed E-state index contributed by atoms with van der Waals surface area (Å²) in [4.78, 5) is 10.9. The van der Waals surface area contributed by atoms with Gasteiger partial charge in [0, 0.05) is 45.1 Å². The molecule has 1 aromatic carbocycles. The number of aromatic nitrogens is 3. The summed E-state index contributed by atoms with van der Waals surface area (Å²) in [5.74, 6) is 1.86. The standard InChI is InChI=1S/C19H28N6O4S/c1-3-23(4-2)30(28,29)15-9-10-16(17(14-15)25(26)27)20-12-11-19-22-21-18-8-6-5-7-13-24(18)19/h9-10,14,20H,3-8,11-13H2,1-2H3. The van der Waals surface area contributed by atoms with Gasteiger partial charge in [0.05, 0.1) is 9.82 Å². The fourth-order valence-electron chi connectivity index (χ4n) is 3.72. The molecule has 0 fully saturated rings. The van der Waals surface area contributed by atoms with E-state index in [4.69, 9.17) is 0 Å². The minimum atomic E-state index is -3.76. The van der Waals surface area contributed by atoms with E-state index in [9.17, 15) is 18.5 Å². The predicted octanol–water partition coefficient (Wildman–Crippen LogP) is 2.60. The van der Waals surface area contributed by atoms with E-state index in [0.717, 1.165) is 43.5 Å². The largest absolute Gasteiger partial charge is 0.379 e. The fraction of sp³-hybridized carbons (Fsp3) is 0.579. The highest BCUT2D eigenvalue weighted by Gasteiger charge is 2.25. The number of nitro groups is 1. The van der Waals surface area contributed by atoms with Crippen molar-refractivity contribution in [1.82, 2.24) is 19.1 Å². The van der Waals surface area contributed by atoms with Crippen molar-refractivity contribution in [3.8, 4) is 0 Å². The van der Waals surface area contributed by atoms with E-state index >= 15 is 0 Å². The molecule has 0 aliphatic carbocycles. The number of aryl methyl sites for hydroxylation is 1. The second-order valence-electron chi connectivity index (χ2n) is 7.20. The van der Waals surface area contributed by atoms with E-state index < -0.39 is 14.9 Å². The predicted molar refractivity (Wildman–Crippen MR) is 113 cm³/mol. The number of benzene rings is 1. The molecule has 1 aromatic heterocycles. The maximum atomic E-state index is 12.7. The van der Waals surface area contributed by atoms with E-state index in [2.05, 4.69) is 20.1 Å². The summed E-state index contributed by atoms with van der Waals surface area (Å²) in [5, 5.41) is 23.2. The van der Waals surface area contributed by atoms with Crippen molar-refractivity contribution in [1.29, 1.82) is 0 Å². The number of nitro benzene ring substituents is 1. The van der Waals surface area contributed by atoms with Crippen LogP contribution in [0.2, 0.25) is 0 Å². The Morgan fingerprint density at radius 3 is 2.67 bits per heavy atom. The van der Waals surface area contributed by atoms with Crippen molar-refractivity contribution in [3.05, 3.63) is 40.0 Å². The lowest BCUT2D eigenvalue weighted by Gasteiger charge is -2.18. The molecule has 0 unspecified atom stereocenters. The molecule has 10 nitrogen and oxygen atoms in total. The number of anilines is 1. The minimum absolute atomic E-state index is 0.0776. The average Bonchev–Trinajstić information content (AvgIpc) is 2.94. The zero-order valence-electron chi connectivity index (χ0n) is 17.4. The van der Waals surface area contributed by atoms with Gasteiger partial charge in [-0.3, -0.25) is 10.1 Å². The Hall–Kier alpha value is -2.53. The van der Waals surface area contributed by atoms with Crippen LogP contribution in [0.5, 0.6) is 0 Å². The second kappa shape index (κ2) is 9.52. The zero-order chi connectivity index (χ0) is 21.7. The first-order valence-corrected chi connectivity index (χ1v) is 11.8. The average molecular weight is 437 g/mol. The Kier molecular flexibility index (Phi) is 7.03. The first kappa shape index (κ1) is 22.2. The summed E-state index contributed by atoms with van der Waals surface area (Å²) in [6.45, 7) is 5.40. The lowest BCUT2D eigenvalue weighted by molar-refractivity contribution is -0.384. The van der Waals surface area contributed by atoms with Gasteiger partial charge in [-0.15, -0.1) is 10.2 Å². The van der Waals surface area contributed by atoms with Crippen LogP contribution >= 0.6 is 0 Å². The van der Waals surface area contributed by atoms with Crippen LogP contribution in [0.4, 0.5) is 11.4 Å². The van der Waals surface area contributed by atoms with Crippen LogP contribution in [-0.4, -0.2) is 52.0 Å². The number of fused-ring (bicyclic) bond motifs is 1. The van der Waals surface area contributed by atoms with Gasteiger partial charge in [-0.05, 0) is 25.0 Å². The Balaban J connectivity index is 1.75. The number of nitrogens with zero attached hydrogens (tertiary/aromatic N) is 5. The normalized spacial score (nSPS) is 14.4. The summed E-state index contributed by atoms with van der Waals surface area (Å²) in [7, 11) is -3.76. The Bertz CT molecular complexity index is 1000. The monoisotopic (exact) mass is 436 g/mol. The maximum Gasteiger partial charge on any atom is 0.293 e. The molecular weight excluding hydrogens is 408 g/mol. The van der Waals surface area contributed by atoms with Crippen molar-refractivity contribution >= 4 is 21.4 Å². The van der Waals surface area contributed by atoms with Gasteiger partial charge < -0.3 is 9.88 Å². The molecular formula is C19H28N6O4S. The van der Waals surface area contributed by atoms with Gasteiger partial charge in [0.15, 0.2) is 0 Å². The van der Waals surface area contributed by atoms with Gasteiger partial charge in [0.1, 0.15) is 17.3 Å². The number of rotatable bonds is 9. The van der Waals surface area contributed by atoms with Crippen LogP contribution in [0.25, 0.3) is 0 Å². The molecule has 1 aliphatic rings. The molecule has 2 heterocycles. The SMILES string of the molecule is CCN(CC)S(=O)(=O)c1ccc(NCCc2nnc3n2CCCCC3)c([N+](=O)[O-])c1. The van der Waals surface area contributed by atoms with Crippen molar-refractivity contribution < 1.29 is 13.3 Å². The molecule has 0 bridgehead atoms. The van der Waals surface area contributed by atoms with Gasteiger partial charge in [0.25, 0.3) is 5.69 Å². The first-order chi connectivity index (χ1) is 14.4. The molecule has 0 atom stereocenters. The highest BCUT2D eigenvalue weighted by atomic mass is 32.2. The van der Waals surface area contributed by atoms with E-state index in [1.165, 1.54) is 22.9 Å². The summed E-state index contributed by atoms with van der Waals surface area (Å²) in [5.41, 5.74) is 0.0254. The van der Waals surface area contributed by atoms with E-state index in [0.29, 0.717) is 26.1 Å². The van der Waals surface area contributed by atoms with Gasteiger partial charge in [-0.1, -0.05) is 20.3 Å². The van der Waals surface area contributed by atoms with Crippen LogP contribution < -0.4 is 5.32 Å². The number of hydrogen-bond donors (Lipinski definition) is 1. The molecule has 0 radical (unpaired) electrons. The van der Waals surface area contributed by atoms with Crippen LogP contribution in [-0.2, 0) is 29.4 Å². The zero-order valence-corrected chi connectivity index (χ0v) is 18.2. The van der Waals surface area contributed by atoms with E-state index in [-0.39, 0.29) is 16.3 Å². The Labute approximate surface area is 176 Å². The number of nitrogens with one attached hydrogen (secondary N) is 1. The molecule has 0 saturated carbocycles. The molecule has 1 N–H and O–H groups in total. The first-order valence-electron chi connectivity index (χ1n) is 10.3. The molecule has 0 spiro atoms. The fourth-order valence-corrected chi connectivity index (χ4v) is 5.20. The quantitative estimate of drug-likeness (QED) is 0.473. The molecule has 0 saturated heterocycles. The summed E-state index contributed by atoms with van der Waals surface area (Å²) in [6.07, 6.45) is 4.89.